The number of nitrogens with zero attached hydrogens (tertiary/aromatic N) is 3. The van der Waals surface area contributed by atoms with Gasteiger partial charge in [0.05, 0.1) is 18.6 Å². The number of anilines is 1. The van der Waals surface area contributed by atoms with Gasteiger partial charge in [-0.3, -0.25) is 14.5 Å². The molecule has 1 atom stereocenters. The van der Waals surface area contributed by atoms with Gasteiger partial charge in [-0.15, -0.1) is 0 Å². The van der Waals surface area contributed by atoms with Gasteiger partial charge in [-0.05, 0) is 58.7 Å². The van der Waals surface area contributed by atoms with Crippen molar-refractivity contribution in [3.05, 3.63) is 66.2 Å². The van der Waals surface area contributed by atoms with Crippen LogP contribution in [0.3, 0.4) is 0 Å². The summed E-state index contributed by atoms with van der Waals surface area (Å²) >= 11 is 0. The van der Waals surface area contributed by atoms with Crippen molar-refractivity contribution in [1.82, 2.24) is 9.80 Å². The van der Waals surface area contributed by atoms with Crippen LogP contribution in [0.15, 0.2) is 60.7 Å². The number of carbonyl (C=O) groups is 3. The highest BCUT2D eigenvalue weighted by molar-refractivity contribution is 5.94. The fourth-order valence-electron chi connectivity index (χ4n) is 4.72. The number of esters is 1. The van der Waals surface area contributed by atoms with Crippen molar-refractivity contribution in [2.45, 2.75) is 65.6 Å². The first kappa shape index (κ1) is 30.2. The molecule has 0 bridgehead atoms. The summed E-state index contributed by atoms with van der Waals surface area (Å²) in [5.74, 6) is -0.455. The predicted octanol–water partition coefficient (Wildman–Crippen LogP) is 5.12. The lowest BCUT2D eigenvalue weighted by molar-refractivity contribution is -0.151. The van der Waals surface area contributed by atoms with Crippen LogP contribution in [-0.2, 0) is 25.6 Å². The van der Waals surface area contributed by atoms with Crippen LogP contribution in [0.1, 0.15) is 53.0 Å². The van der Waals surface area contributed by atoms with Crippen LogP contribution in [0.4, 0.5) is 10.5 Å². The molecule has 2 amide bonds. The maximum atomic E-state index is 13.7. The lowest BCUT2D eigenvalue weighted by atomic mass is 9.87. The van der Waals surface area contributed by atoms with E-state index in [0.29, 0.717) is 32.6 Å². The second-order valence-corrected chi connectivity index (χ2v) is 11.8. The van der Waals surface area contributed by atoms with Crippen molar-refractivity contribution in [3.8, 4) is 0 Å². The number of piperazine rings is 1. The summed E-state index contributed by atoms with van der Waals surface area (Å²) in [6, 6.07) is 19.4. The van der Waals surface area contributed by atoms with Gasteiger partial charge < -0.3 is 19.3 Å². The topological polar surface area (TPSA) is 79.4 Å². The molecule has 0 aliphatic carbocycles. The van der Waals surface area contributed by atoms with E-state index in [2.05, 4.69) is 17.0 Å². The number of hydrogen-bond acceptors (Lipinski definition) is 6. The summed E-state index contributed by atoms with van der Waals surface area (Å²) in [6.07, 6.45) is 0.144. The van der Waals surface area contributed by atoms with Gasteiger partial charge in [0, 0.05) is 44.8 Å². The maximum Gasteiger partial charge on any atom is 0.410 e. The standard InChI is InChI=1S/C31H43N3O5/c1-30(2,3)39-29(37)33-20-19-32(21-24-13-9-7-10-14-24)22-26(33)23-34(25-15-11-8-12-16-25)27(35)17-18-31(4,5)28(36)38-6/h7-16,26H,17-23H2,1-6H3/t26-/m0/s1. The van der Waals surface area contributed by atoms with Gasteiger partial charge in [0.2, 0.25) is 5.91 Å². The van der Waals surface area contributed by atoms with Crippen molar-refractivity contribution in [3.63, 3.8) is 0 Å². The third-order valence-electron chi connectivity index (χ3n) is 6.91. The average molecular weight is 538 g/mol. The molecule has 2 aromatic rings. The van der Waals surface area contributed by atoms with Crippen molar-refractivity contribution >= 4 is 23.7 Å². The maximum absolute atomic E-state index is 13.7. The summed E-state index contributed by atoms with van der Waals surface area (Å²) in [7, 11) is 1.36. The molecule has 8 nitrogen and oxygen atoms in total. The Bertz CT molecular complexity index is 1100. The van der Waals surface area contributed by atoms with E-state index in [1.807, 2.05) is 69.3 Å². The smallest absolute Gasteiger partial charge is 0.410 e. The fourth-order valence-corrected chi connectivity index (χ4v) is 4.72. The summed E-state index contributed by atoms with van der Waals surface area (Å²) in [6.45, 7) is 12.0. The highest BCUT2D eigenvalue weighted by Crippen LogP contribution is 2.27. The molecule has 1 saturated heterocycles. The number of para-hydroxylation sites is 1. The van der Waals surface area contributed by atoms with E-state index in [4.69, 9.17) is 9.47 Å². The first-order valence-electron chi connectivity index (χ1n) is 13.6. The third-order valence-corrected chi connectivity index (χ3v) is 6.91. The zero-order chi connectivity index (χ0) is 28.6. The number of ether oxygens (including phenoxy) is 2. The Morgan fingerprint density at radius 1 is 0.923 bits per heavy atom. The van der Waals surface area contributed by atoms with Crippen molar-refractivity contribution < 1.29 is 23.9 Å². The number of carbonyl (C=O) groups excluding carboxylic acids is 3. The normalized spacial score (nSPS) is 16.5. The number of amides is 2. The second kappa shape index (κ2) is 13.1. The molecule has 212 valence electrons. The fraction of sp³-hybridized carbons (Fsp3) is 0.516. The highest BCUT2D eigenvalue weighted by Gasteiger charge is 2.36. The Kier molecular flexibility index (Phi) is 10.1. The number of methoxy groups -OCH3 is 1. The largest absolute Gasteiger partial charge is 0.469 e. The first-order chi connectivity index (χ1) is 18.4. The Morgan fingerprint density at radius 3 is 2.13 bits per heavy atom. The van der Waals surface area contributed by atoms with Gasteiger partial charge >= 0.3 is 12.1 Å². The molecular formula is C31H43N3O5. The summed E-state index contributed by atoms with van der Waals surface area (Å²) in [5.41, 5.74) is 0.537. The molecular weight excluding hydrogens is 494 g/mol. The number of benzene rings is 2. The highest BCUT2D eigenvalue weighted by atomic mass is 16.6. The minimum absolute atomic E-state index is 0.109. The molecule has 0 N–H and O–H groups in total. The van der Waals surface area contributed by atoms with E-state index in [9.17, 15) is 14.4 Å². The van der Waals surface area contributed by atoms with E-state index in [1.54, 1.807) is 23.6 Å². The lowest BCUT2D eigenvalue weighted by Gasteiger charge is -2.43. The van der Waals surface area contributed by atoms with Crippen LogP contribution in [-0.4, -0.2) is 72.7 Å². The summed E-state index contributed by atoms with van der Waals surface area (Å²) in [4.78, 5) is 45.0. The van der Waals surface area contributed by atoms with Gasteiger partial charge in [0.1, 0.15) is 5.60 Å². The number of rotatable bonds is 9. The zero-order valence-corrected chi connectivity index (χ0v) is 24.2. The van der Waals surface area contributed by atoms with Gasteiger partial charge in [0.15, 0.2) is 0 Å². The third kappa shape index (κ3) is 8.82. The Balaban J connectivity index is 1.85. The van der Waals surface area contributed by atoms with Crippen molar-refractivity contribution in [2.24, 2.45) is 5.41 Å². The summed E-state index contributed by atoms with van der Waals surface area (Å²) in [5, 5.41) is 0. The molecule has 2 aromatic carbocycles. The summed E-state index contributed by atoms with van der Waals surface area (Å²) < 4.78 is 10.7. The van der Waals surface area contributed by atoms with Crippen LogP contribution in [0, 0.1) is 5.41 Å². The molecule has 1 aliphatic rings. The van der Waals surface area contributed by atoms with E-state index < -0.39 is 11.0 Å². The predicted molar refractivity (Wildman–Crippen MR) is 152 cm³/mol. The van der Waals surface area contributed by atoms with Crippen LogP contribution >= 0.6 is 0 Å². The molecule has 1 fully saturated rings. The molecule has 3 rings (SSSR count). The average Bonchev–Trinajstić information content (AvgIpc) is 2.90. The molecule has 0 aromatic heterocycles. The van der Waals surface area contributed by atoms with Crippen LogP contribution < -0.4 is 4.90 Å². The monoisotopic (exact) mass is 537 g/mol. The molecule has 8 heteroatoms. The van der Waals surface area contributed by atoms with Gasteiger partial charge in [-0.1, -0.05) is 48.5 Å². The first-order valence-corrected chi connectivity index (χ1v) is 13.6. The minimum Gasteiger partial charge on any atom is -0.469 e. The SMILES string of the molecule is COC(=O)C(C)(C)CCC(=O)N(C[C@@H]1CN(Cc2ccccc2)CCN1C(=O)OC(C)(C)C)c1ccccc1. The molecule has 1 heterocycles. The lowest BCUT2D eigenvalue weighted by Crippen LogP contribution is -2.59. The van der Waals surface area contributed by atoms with Gasteiger partial charge in [0.25, 0.3) is 0 Å². The Morgan fingerprint density at radius 2 is 1.54 bits per heavy atom. The van der Waals surface area contributed by atoms with E-state index >= 15 is 0 Å². The second-order valence-electron chi connectivity index (χ2n) is 11.8. The van der Waals surface area contributed by atoms with Gasteiger partial charge in [-0.25, -0.2) is 4.79 Å². The van der Waals surface area contributed by atoms with Crippen LogP contribution in [0.25, 0.3) is 0 Å². The molecule has 0 unspecified atom stereocenters. The van der Waals surface area contributed by atoms with Crippen LogP contribution in [0.2, 0.25) is 0 Å². The van der Waals surface area contributed by atoms with E-state index in [0.717, 1.165) is 12.2 Å². The molecule has 0 radical (unpaired) electrons. The van der Waals surface area contributed by atoms with Gasteiger partial charge in [-0.2, -0.15) is 0 Å². The molecule has 0 saturated carbocycles. The zero-order valence-electron chi connectivity index (χ0n) is 24.2. The van der Waals surface area contributed by atoms with Crippen LogP contribution in [0.5, 0.6) is 0 Å². The Hall–Kier alpha value is -3.39. The Labute approximate surface area is 232 Å². The van der Waals surface area contributed by atoms with Crippen molar-refractivity contribution in [2.75, 3.05) is 38.2 Å². The van der Waals surface area contributed by atoms with E-state index in [-0.39, 0.29) is 30.4 Å². The number of hydrogen-bond donors (Lipinski definition) is 0. The molecule has 39 heavy (non-hydrogen) atoms. The minimum atomic E-state index is -0.785. The van der Waals surface area contributed by atoms with E-state index in [1.165, 1.54) is 12.7 Å². The molecule has 0 spiro atoms. The molecule has 1 aliphatic heterocycles. The quantitative estimate of drug-likeness (QED) is 0.413. The van der Waals surface area contributed by atoms with Crippen molar-refractivity contribution in [1.29, 1.82) is 0 Å².